The molecule has 3 heterocycles. The standard InChI is InChI=1S/C28H29FN6O2/c1-3-19-9-12-25-21(14-19)15-22(28(36)30-25)17-34(16-20-7-10-23(29)11-8-20)26(4-2)27-31-32-33-35(27)18-24-6-5-13-37-24/h5-15,26H,3-4,16-18H2,1-2H3,(H,30,36)/t26-/m0/s1. The van der Waals surface area contributed by atoms with E-state index in [-0.39, 0.29) is 17.4 Å². The van der Waals surface area contributed by atoms with Crippen molar-refractivity contribution in [1.82, 2.24) is 30.1 Å². The van der Waals surface area contributed by atoms with Gasteiger partial charge in [0.05, 0.1) is 12.3 Å². The van der Waals surface area contributed by atoms with Gasteiger partial charge in [-0.15, -0.1) is 5.10 Å². The Balaban J connectivity index is 1.52. The van der Waals surface area contributed by atoms with Crippen molar-refractivity contribution in [2.75, 3.05) is 0 Å². The molecule has 190 valence electrons. The van der Waals surface area contributed by atoms with Gasteiger partial charge < -0.3 is 9.40 Å². The number of tetrazole rings is 1. The predicted octanol–water partition coefficient (Wildman–Crippen LogP) is 5.01. The fourth-order valence-corrected chi connectivity index (χ4v) is 4.68. The maximum absolute atomic E-state index is 13.6. The van der Waals surface area contributed by atoms with Gasteiger partial charge in [0.15, 0.2) is 5.82 Å². The molecule has 0 radical (unpaired) electrons. The Hall–Kier alpha value is -4.11. The summed E-state index contributed by atoms with van der Waals surface area (Å²) >= 11 is 0. The van der Waals surface area contributed by atoms with Crippen LogP contribution in [0.15, 0.2) is 76.1 Å². The van der Waals surface area contributed by atoms with Gasteiger partial charge in [-0.3, -0.25) is 9.69 Å². The van der Waals surface area contributed by atoms with Crippen molar-refractivity contribution in [2.45, 2.75) is 52.4 Å². The molecule has 0 aliphatic heterocycles. The second-order valence-corrected chi connectivity index (χ2v) is 9.13. The van der Waals surface area contributed by atoms with Gasteiger partial charge in [-0.2, -0.15) is 0 Å². The van der Waals surface area contributed by atoms with E-state index < -0.39 is 0 Å². The van der Waals surface area contributed by atoms with Gasteiger partial charge in [-0.05, 0) is 82.2 Å². The zero-order chi connectivity index (χ0) is 25.8. The van der Waals surface area contributed by atoms with Crippen LogP contribution < -0.4 is 5.56 Å². The average Bonchev–Trinajstić information content (AvgIpc) is 3.59. The summed E-state index contributed by atoms with van der Waals surface area (Å²) in [5, 5.41) is 13.5. The number of furan rings is 1. The van der Waals surface area contributed by atoms with E-state index in [1.165, 1.54) is 17.7 Å². The third-order valence-electron chi connectivity index (χ3n) is 6.64. The van der Waals surface area contributed by atoms with Gasteiger partial charge in [0.1, 0.15) is 18.1 Å². The number of hydrogen-bond acceptors (Lipinski definition) is 6. The maximum atomic E-state index is 13.6. The first-order valence-electron chi connectivity index (χ1n) is 12.5. The minimum atomic E-state index is -0.289. The Kier molecular flexibility index (Phi) is 7.23. The summed E-state index contributed by atoms with van der Waals surface area (Å²) in [7, 11) is 0. The van der Waals surface area contributed by atoms with Crippen molar-refractivity contribution in [1.29, 1.82) is 0 Å². The van der Waals surface area contributed by atoms with Crippen LogP contribution in [0.1, 0.15) is 54.6 Å². The molecule has 9 heteroatoms. The molecule has 37 heavy (non-hydrogen) atoms. The molecule has 1 atom stereocenters. The minimum Gasteiger partial charge on any atom is -0.467 e. The van der Waals surface area contributed by atoms with Crippen LogP contribution in [0, 0.1) is 5.82 Å². The molecule has 1 N–H and O–H groups in total. The molecule has 0 aliphatic carbocycles. The Labute approximate surface area is 213 Å². The van der Waals surface area contributed by atoms with E-state index in [9.17, 15) is 9.18 Å². The molecule has 2 aromatic carbocycles. The van der Waals surface area contributed by atoms with Gasteiger partial charge in [0, 0.05) is 24.2 Å². The van der Waals surface area contributed by atoms with Gasteiger partial charge in [-0.1, -0.05) is 32.0 Å². The summed E-state index contributed by atoms with van der Waals surface area (Å²) in [5.41, 5.74) is 3.45. The van der Waals surface area contributed by atoms with Gasteiger partial charge in [-0.25, -0.2) is 9.07 Å². The van der Waals surface area contributed by atoms with Crippen molar-refractivity contribution < 1.29 is 8.81 Å². The molecule has 0 bridgehead atoms. The SMILES string of the molecule is CCc1ccc2[nH]c(=O)c(CN(Cc3ccc(F)cc3)[C@@H](CC)c3nnnn3Cc3ccco3)cc2c1. The second-order valence-electron chi connectivity index (χ2n) is 9.13. The van der Waals surface area contributed by atoms with E-state index in [2.05, 4.69) is 45.3 Å². The van der Waals surface area contributed by atoms with Crippen molar-refractivity contribution >= 4 is 10.9 Å². The third kappa shape index (κ3) is 5.51. The van der Waals surface area contributed by atoms with E-state index >= 15 is 0 Å². The molecular formula is C28H29FN6O2. The molecule has 3 aromatic heterocycles. The molecule has 0 spiro atoms. The molecule has 0 unspecified atom stereocenters. The van der Waals surface area contributed by atoms with Crippen molar-refractivity contribution in [3.05, 3.63) is 111 Å². The number of rotatable bonds is 10. The summed E-state index contributed by atoms with van der Waals surface area (Å²) in [6.07, 6.45) is 3.23. The molecular weight excluding hydrogens is 471 g/mol. The van der Waals surface area contributed by atoms with Gasteiger partial charge in [0.2, 0.25) is 0 Å². The maximum Gasteiger partial charge on any atom is 0.252 e. The lowest BCUT2D eigenvalue weighted by atomic mass is 10.1. The Bertz CT molecular complexity index is 1520. The van der Waals surface area contributed by atoms with Gasteiger partial charge in [0.25, 0.3) is 5.56 Å². The number of fused-ring (bicyclic) bond motifs is 1. The molecule has 0 fully saturated rings. The number of H-pyrrole nitrogens is 1. The number of nitrogens with one attached hydrogen (secondary N) is 1. The van der Waals surface area contributed by atoms with E-state index in [0.29, 0.717) is 37.4 Å². The number of aryl methyl sites for hydroxylation is 1. The second kappa shape index (κ2) is 10.9. The van der Waals surface area contributed by atoms with Crippen LogP contribution in [0.25, 0.3) is 10.9 Å². The average molecular weight is 501 g/mol. The fourth-order valence-electron chi connectivity index (χ4n) is 4.68. The highest BCUT2D eigenvalue weighted by atomic mass is 19.1. The van der Waals surface area contributed by atoms with Crippen LogP contribution >= 0.6 is 0 Å². The number of aromatic nitrogens is 5. The zero-order valence-electron chi connectivity index (χ0n) is 20.9. The normalized spacial score (nSPS) is 12.4. The van der Waals surface area contributed by atoms with Crippen LogP contribution in [0.4, 0.5) is 4.39 Å². The fraction of sp³-hybridized carbons (Fsp3) is 0.286. The van der Waals surface area contributed by atoms with E-state index in [0.717, 1.165) is 28.6 Å². The van der Waals surface area contributed by atoms with E-state index in [1.54, 1.807) is 23.1 Å². The van der Waals surface area contributed by atoms with Gasteiger partial charge >= 0.3 is 0 Å². The van der Waals surface area contributed by atoms with Crippen molar-refractivity contribution in [3.8, 4) is 0 Å². The summed E-state index contributed by atoms with van der Waals surface area (Å²) in [4.78, 5) is 18.3. The number of pyridine rings is 1. The topological polar surface area (TPSA) is 92.8 Å². The first-order chi connectivity index (χ1) is 18.0. The van der Waals surface area contributed by atoms with E-state index in [4.69, 9.17) is 4.42 Å². The first kappa shape index (κ1) is 24.6. The lowest BCUT2D eigenvalue weighted by Crippen LogP contribution is -2.32. The minimum absolute atomic E-state index is 0.133. The summed E-state index contributed by atoms with van der Waals surface area (Å²) in [6, 6.07) is 18.0. The number of nitrogens with zero attached hydrogens (tertiary/aromatic N) is 5. The largest absolute Gasteiger partial charge is 0.467 e. The summed E-state index contributed by atoms with van der Waals surface area (Å²) in [6.45, 7) is 5.42. The molecule has 8 nitrogen and oxygen atoms in total. The highest BCUT2D eigenvalue weighted by Gasteiger charge is 2.26. The number of benzene rings is 2. The van der Waals surface area contributed by atoms with Crippen LogP contribution in [0.2, 0.25) is 0 Å². The van der Waals surface area contributed by atoms with Crippen LogP contribution in [0.3, 0.4) is 0 Å². The Morgan fingerprint density at radius 2 is 1.86 bits per heavy atom. The number of aromatic amines is 1. The Morgan fingerprint density at radius 3 is 2.59 bits per heavy atom. The summed E-state index contributed by atoms with van der Waals surface area (Å²) in [5.74, 6) is 1.13. The predicted molar refractivity (Wildman–Crippen MR) is 138 cm³/mol. The molecule has 0 amide bonds. The molecule has 5 rings (SSSR count). The number of halogens is 1. The zero-order valence-corrected chi connectivity index (χ0v) is 20.9. The Morgan fingerprint density at radius 1 is 1.05 bits per heavy atom. The third-order valence-corrected chi connectivity index (χ3v) is 6.64. The smallest absolute Gasteiger partial charge is 0.252 e. The van der Waals surface area contributed by atoms with Crippen molar-refractivity contribution in [2.24, 2.45) is 0 Å². The molecule has 0 saturated heterocycles. The number of hydrogen-bond donors (Lipinski definition) is 1. The molecule has 0 aliphatic rings. The monoisotopic (exact) mass is 500 g/mol. The van der Waals surface area contributed by atoms with Crippen LogP contribution in [0.5, 0.6) is 0 Å². The molecule has 0 saturated carbocycles. The first-order valence-corrected chi connectivity index (χ1v) is 12.5. The van der Waals surface area contributed by atoms with Crippen molar-refractivity contribution in [3.63, 3.8) is 0 Å². The quantitative estimate of drug-likeness (QED) is 0.290. The highest BCUT2D eigenvalue weighted by Crippen LogP contribution is 2.27. The lowest BCUT2D eigenvalue weighted by Gasteiger charge is -2.30. The van der Waals surface area contributed by atoms with Crippen LogP contribution in [-0.4, -0.2) is 30.1 Å². The van der Waals surface area contributed by atoms with E-state index in [1.807, 2.05) is 30.3 Å². The molecule has 5 aromatic rings. The lowest BCUT2D eigenvalue weighted by molar-refractivity contribution is 0.161. The highest BCUT2D eigenvalue weighted by molar-refractivity contribution is 5.79. The van der Waals surface area contributed by atoms with Crippen LogP contribution in [-0.2, 0) is 26.1 Å². The summed E-state index contributed by atoms with van der Waals surface area (Å²) < 4.78 is 20.8.